The minimum absolute atomic E-state index is 0.160. The van der Waals surface area contributed by atoms with Crippen LogP contribution in [0, 0.1) is 0 Å². The van der Waals surface area contributed by atoms with Gasteiger partial charge in [0.1, 0.15) is 0 Å². The van der Waals surface area contributed by atoms with Gasteiger partial charge in [-0.3, -0.25) is 9.59 Å². The van der Waals surface area contributed by atoms with Crippen LogP contribution < -0.4 is 10.6 Å². The van der Waals surface area contributed by atoms with Gasteiger partial charge >= 0.3 is 0 Å². The molecule has 21 heavy (non-hydrogen) atoms. The first-order chi connectivity index (χ1) is 10.0. The van der Waals surface area contributed by atoms with E-state index in [0.29, 0.717) is 13.0 Å². The Labute approximate surface area is 128 Å². The summed E-state index contributed by atoms with van der Waals surface area (Å²) in [6, 6.07) is 3.46. The standard InChI is InChI=1S/C14H22N2O4S/c1-10(17)16-12(13-4-3-7-21-13)8-14(19)15-6-5-11(18)9-20-2/h3-4,7,11-12,18H,5-6,8-9H2,1-2H3,(H,15,19)(H,16,17). The lowest BCUT2D eigenvalue weighted by Gasteiger charge is -2.16. The maximum absolute atomic E-state index is 11.9. The van der Waals surface area contributed by atoms with E-state index in [1.54, 1.807) is 0 Å². The van der Waals surface area contributed by atoms with Crippen molar-refractivity contribution in [3.05, 3.63) is 22.4 Å². The summed E-state index contributed by atoms with van der Waals surface area (Å²) in [7, 11) is 1.51. The van der Waals surface area contributed by atoms with Gasteiger partial charge in [-0.1, -0.05) is 6.07 Å². The summed E-state index contributed by atoms with van der Waals surface area (Å²) in [5.74, 6) is -0.330. The van der Waals surface area contributed by atoms with Crippen LogP contribution in [0.4, 0.5) is 0 Å². The van der Waals surface area contributed by atoms with E-state index in [9.17, 15) is 14.7 Å². The van der Waals surface area contributed by atoms with Crippen molar-refractivity contribution in [2.75, 3.05) is 20.3 Å². The van der Waals surface area contributed by atoms with E-state index in [2.05, 4.69) is 10.6 Å². The normalized spacial score (nSPS) is 13.5. The molecule has 0 radical (unpaired) electrons. The first kappa shape index (κ1) is 17.6. The zero-order chi connectivity index (χ0) is 15.7. The van der Waals surface area contributed by atoms with E-state index in [-0.39, 0.29) is 30.9 Å². The second kappa shape index (κ2) is 9.49. The number of carbonyl (C=O) groups excluding carboxylic acids is 2. The van der Waals surface area contributed by atoms with Gasteiger partial charge in [-0.2, -0.15) is 0 Å². The number of ether oxygens (including phenoxy) is 1. The lowest BCUT2D eigenvalue weighted by Crippen LogP contribution is -2.33. The Morgan fingerprint density at radius 2 is 2.24 bits per heavy atom. The summed E-state index contributed by atoms with van der Waals surface area (Å²) in [5, 5.41) is 16.9. The molecule has 0 bridgehead atoms. The van der Waals surface area contributed by atoms with Gasteiger partial charge < -0.3 is 20.5 Å². The topological polar surface area (TPSA) is 87.7 Å². The molecular formula is C14H22N2O4S. The minimum Gasteiger partial charge on any atom is -0.391 e. The van der Waals surface area contributed by atoms with E-state index >= 15 is 0 Å². The molecule has 0 saturated carbocycles. The molecular weight excluding hydrogens is 292 g/mol. The van der Waals surface area contributed by atoms with E-state index in [1.807, 2.05) is 17.5 Å². The van der Waals surface area contributed by atoms with Gasteiger partial charge in [0.05, 0.1) is 25.2 Å². The van der Waals surface area contributed by atoms with Gasteiger partial charge in [0.15, 0.2) is 0 Å². The quantitative estimate of drug-likeness (QED) is 0.630. The Kier molecular flexibility index (Phi) is 7.96. The van der Waals surface area contributed by atoms with Crippen molar-refractivity contribution in [1.82, 2.24) is 10.6 Å². The largest absolute Gasteiger partial charge is 0.391 e. The van der Waals surface area contributed by atoms with Crippen LogP contribution in [0.5, 0.6) is 0 Å². The molecule has 0 aliphatic heterocycles. The van der Waals surface area contributed by atoms with Crippen molar-refractivity contribution < 1.29 is 19.4 Å². The average molecular weight is 314 g/mol. The molecule has 0 fully saturated rings. The highest BCUT2D eigenvalue weighted by atomic mass is 32.1. The number of hydrogen-bond donors (Lipinski definition) is 3. The number of amides is 2. The maximum atomic E-state index is 11.9. The first-order valence-electron chi connectivity index (χ1n) is 6.77. The van der Waals surface area contributed by atoms with Gasteiger partial charge in [0.2, 0.25) is 11.8 Å². The van der Waals surface area contributed by atoms with Crippen LogP contribution in [0.1, 0.15) is 30.7 Å². The molecule has 3 N–H and O–H groups in total. The van der Waals surface area contributed by atoms with Gasteiger partial charge in [0, 0.05) is 25.5 Å². The van der Waals surface area contributed by atoms with Crippen LogP contribution in [0.15, 0.2) is 17.5 Å². The Morgan fingerprint density at radius 1 is 1.48 bits per heavy atom. The molecule has 2 atom stereocenters. The van der Waals surface area contributed by atoms with Crippen LogP contribution in [0.3, 0.4) is 0 Å². The van der Waals surface area contributed by atoms with Gasteiger partial charge in [-0.15, -0.1) is 11.3 Å². The lowest BCUT2D eigenvalue weighted by molar-refractivity contribution is -0.122. The molecule has 7 heteroatoms. The predicted molar refractivity (Wildman–Crippen MR) is 81.0 cm³/mol. The smallest absolute Gasteiger partial charge is 0.222 e. The Morgan fingerprint density at radius 3 is 2.81 bits per heavy atom. The molecule has 0 saturated heterocycles. The van der Waals surface area contributed by atoms with Crippen molar-refractivity contribution in [2.24, 2.45) is 0 Å². The summed E-state index contributed by atoms with van der Waals surface area (Å²) in [5.41, 5.74) is 0. The number of aliphatic hydroxyl groups excluding tert-OH is 1. The molecule has 0 spiro atoms. The molecule has 6 nitrogen and oxygen atoms in total. The second-order valence-electron chi connectivity index (χ2n) is 4.72. The molecule has 2 amide bonds. The van der Waals surface area contributed by atoms with Crippen LogP contribution >= 0.6 is 11.3 Å². The fourth-order valence-corrected chi connectivity index (χ4v) is 2.65. The lowest BCUT2D eigenvalue weighted by atomic mass is 10.1. The second-order valence-corrected chi connectivity index (χ2v) is 5.70. The number of carbonyl (C=O) groups is 2. The number of aliphatic hydroxyl groups is 1. The third-order valence-corrected chi connectivity index (χ3v) is 3.80. The third-order valence-electron chi connectivity index (χ3n) is 2.81. The molecule has 1 rings (SSSR count). The van der Waals surface area contributed by atoms with Crippen molar-refractivity contribution in [3.63, 3.8) is 0 Å². The molecule has 1 heterocycles. The highest BCUT2D eigenvalue weighted by molar-refractivity contribution is 7.10. The summed E-state index contributed by atoms with van der Waals surface area (Å²) >= 11 is 1.50. The number of thiophene rings is 1. The first-order valence-corrected chi connectivity index (χ1v) is 7.65. The zero-order valence-electron chi connectivity index (χ0n) is 12.3. The number of nitrogens with one attached hydrogen (secondary N) is 2. The van der Waals surface area contributed by atoms with Crippen LogP contribution in [0.2, 0.25) is 0 Å². The third kappa shape index (κ3) is 7.22. The van der Waals surface area contributed by atoms with Crippen LogP contribution in [-0.2, 0) is 14.3 Å². The fraction of sp³-hybridized carbons (Fsp3) is 0.571. The van der Waals surface area contributed by atoms with E-state index in [4.69, 9.17) is 4.74 Å². The Hall–Kier alpha value is -1.44. The van der Waals surface area contributed by atoms with Crippen molar-refractivity contribution in [3.8, 4) is 0 Å². The number of hydrogen-bond acceptors (Lipinski definition) is 5. The maximum Gasteiger partial charge on any atom is 0.222 e. The van der Waals surface area contributed by atoms with E-state index < -0.39 is 6.10 Å². The van der Waals surface area contributed by atoms with E-state index in [0.717, 1.165) is 4.88 Å². The van der Waals surface area contributed by atoms with Crippen LogP contribution in [-0.4, -0.2) is 43.3 Å². The van der Waals surface area contributed by atoms with Crippen molar-refractivity contribution in [2.45, 2.75) is 31.9 Å². The molecule has 0 aliphatic rings. The van der Waals surface area contributed by atoms with Gasteiger partial charge in [-0.25, -0.2) is 0 Å². The van der Waals surface area contributed by atoms with Gasteiger partial charge in [0.25, 0.3) is 0 Å². The molecule has 0 aromatic carbocycles. The predicted octanol–water partition coefficient (Wildman–Crippen LogP) is 0.829. The Balaban J connectivity index is 2.40. The molecule has 2 unspecified atom stereocenters. The Bertz CT molecular complexity index is 436. The summed E-state index contributed by atoms with van der Waals surface area (Å²) in [6.45, 7) is 2.06. The minimum atomic E-state index is -0.585. The fourth-order valence-electron chi connectivity index (χ4n) is 1.87. The molecule has 118 valence electrons. The summed E-state index contributed by atoms with van der Waals surface area (Å²) in [6.07, 6.45) is 0.0304. The highest BCUT2D eigenvalue weighted by Gasteiger charge is 2.17. The van der Waals surface area contributed by atoms with Crippen molar-refractivity contribution in [1.29, 1.82) is 0 Å². The summed E-state index contributed by atoms with van der Waals surface area (Å²) in [4.78, 5) is 24.1. The SMILES string of the molecule is COCC(O)CCNC(=O)CC(NC(C)=O)c1cccs1. The average Bonchev–Trinajstić information content (AvgIpc) is 2.91. The van der Waals surface area contributed by atoms with E-state index in [1.165, 1.54) is 25.4 Å². The summed E-state index contributed by atoms with van der Waals surface area (Å²) < 4.78 is 4.81. The van der Waals surface area contributed by atoms with Crippen LogP contribution in [0.25, 0.3) is 0 Å². The number of methoxy groups -OCH3 is 1. The zero-order valence-corrected chi connectivity index (χ0v) is 13.1. The molecule has 0 aliphatic carbocycles. The highest BCUT2D eigenvalue weighted by Crippen LogP contribution is 2.21. The monoisotopic (exact) mass is 314 g/mol. The molecule has 1 aromatic rings. The molecule has 1 aromatic heterocycles. The van der Waals surface area contributed by atoms with Gasteiger partial charge in [-0.05, 0) is 17.9 Å². The van der Waals surface area contributed by atoms with Crippen molar-refractivity contribution >= 4 is 23.2 Å². The number of rotatable bonds is 9.